The minimum Gasteiger partial charge on any atom is -1.00 e. The van der Waals surface area contributed by atoms with Crippen molar-refractivity contribution in [1.82, 2.24) is 0 Å². The second kappa shape index (κ2) is 3.38. The SMILES string of the molecule is CC1=[C-]CC=C1.[H-].[H-].[Zr]. The summed E-state index contributed by atoms with van der Waals surface area (Å²) in [6, 6.07) is 0. The van der Waals surface area contributed by atoms with E-state index >= 15 is 0 Å². The fraction of sp³-hybridized carbons (Fsp3) is 0.333. The van der Waals surface area contributed by atoms with Crippen molar-refractivity contribution in [2.45, 2.75) is 13.3 Å². The predicted molar refractivity (Wildman–Crippen MR) is 28.4 cm³/mol. The molecule has 0 spiro atoms. The molecule has 1 aliphatic rings. The van der Waals surface area contributed by atoms with Gasteiger partial charge in [0.15, 0.2) is 0 Å². The topological polar surface area (TPSA) is 0 Å². The van der Waals surface area contributed by atoms with Crippen LogP contribution in [-0.4, -0.2) is 0 Å². The maximum absolute atomic E-state index is 3.12. The molecule has 0 fully saturated rings. The van der Waals surface area contributed by atoms with Crippen molar-refractivity contribution < 1.29 is 29.1 Å². The summed E-state index contributed by atoms with van der Waals surface area (Å²) in [6.45, 7) is 2.06. The molecule has 40 valence electrons. The standard InChI is InChI=1S/C6H7.Zr.2H/c1-6-4-2-3-5-6;;;/h2,4H,3H2,1H3;;;/q-1;;2*-1. The summed E-state index contributed by atoms with van der Waals surface area (Å²) in [4.78, 5) is 0. The Labute approximate surface area is 66.4 Å². The van der Waals surface area contributed by atoms with Crippen molar-refractivity contribution >= 4 is 0 Å². The fourth-order valence-electron chi connectivity index (χ4n) is 0.515. The summed E-state index contributed by atoms with van der Waals surface area (Å²) < 4.78 is 0. The van der Waals surface area contributed by atoms with Crippen LogP contribution in [0.2, 0.25) is 0 Å². The van der Waals surface area contributed by atoms with Crippen LogP contribution in [0.25, 0.3) is 0 Å². The van der Waals surface area contributed by atoms with E-state index in [0.29, 0.717) is 0 Å². The van der Waals surface area contributed by atoms with E-state index in [4.69, 9.17) is 0 Å². The quantitative estimate of drug-likeness (QED) is 0.490. The molecule has 1 heteroatoms. The second-order valence-electron chi connectivity index (χ2n) is 1.47. The first-order valence-corrected chi connectivity index (χ1v) is 2.13. The van der Waals surface area contributed by atoms with Gasteiger partial charge < -0.3 is 2.85 Å². The maximum Gasteiger partial charge on any atom is 0 e. The third-order valence-electron chi connectivity index (χ3n) is 0.867. The molecule has 0 bridgehead atoms. The first kappa shape index (κ1) is 7.36. The Morgan fingerprint density at radius 3 is 2.71 bits per heavy atom. The Morgan fingerprint density at radius 1 is 1.86 bits per heavy atom. The van der Waals surface area contributed by atoms with E-state index in [1.807, 2.05) is 0 Å². The average molecular weight is 172 g/mol. The van der Waals surface area contributed by atoms with E-state index in [1.165, 1.54) is 5.57 Å². The largest absolute Gasteiger partial charge is 1.00 e. The van der Waals surface area contributed by atoms with E-state index in [0.717, 1.165) is 6.42 Å². The summed E-state index contributed by atoms with van der Waals surface area (Å²) >= 11 is 0. The molecule has 0 aliphatic heterocycles. The molecule has 0 amide bonds. The number of allylic oxidation sites excluding steroid dienone is 4. The van der Waals surface area contributed by atoms with Gasteiger partial charge in [0.2, 0.25) is 0 Å². The van der Waals surface area contributed by atoms with E-state index in [2.05, 4.69) is 25.2 Å². The minimum absolute atomic E-state index is 0. The molecular formula is C6H9Zr-3. The van der Waals surface area contributed by atoms with E-state index < -0.39 is 0 Å². The normalized spacial score (nSPS) is 15.9. The van der Waals surface area contributed by atoms with E-state index in [1.54, 1.807) is 0 Å². The summed E-state index contributed by atoms with van der Waals surface area (Å²) in [5, 5.41) is 0. The van der Waals surface area contributed by atoms with Crippen molar-refractivity contribution in [1.29, 1.82) is 0 Å². The van der Waals surface area contributed by atoms with Gasteiger partial charge in [0.25, 0.3) is 0 Å². The van der Waals surface area contributed by atoms with Crippen LogP contribution in [0.5, 0.6) is 0 Å². The first-order chi connectivity index (χ1) is 2.89. The van der Waals surface area contributed by atoms with Gasteiger partial charge in [-0.2, -0.15) is 6.08 Å². The Balaban J connectivity index is -0.000000120. The summed E-state index contributed by atoms with van der Waals surface area (Å²) in [5.74, 6) is 0. The van der Waals surface area contributed by atoms with Crippen molar-refractivity contribution in [2.75, 3.05) is 0 Å². The van der Waals surface area contributed by atoms with Crippen LogP contribution >= 0.6 is 0 Å². The zero-order valence-corrected chi connectivity index (χ0v) is 6.82. The molecular weight excluding hydrogens is 163 g/mol. The molecule has 1 aliphatic carbocycles. The van der Waals surface area contributed by atoms with Crippen LogP contribution in [0.15, 0.2) is 17.7 Å². The van der Waals surface area contributed by atoms with E-state index in [-0.39, 0.29) is 29.1 Å². The van der Waals surface area contributed by atoms with Crippen LogP contribution in [0.1, 0.15) is 16.2 Å². The van der Waals surface area contributed by atoms with Crippen LogP contribution in [0.3, 0.4) is 0 Å². The molecule has 1 rings (SSSR count). The minimum atomic E-state index is 0. The molecule has 0 nitrogen and oxygen atoms in total. The molecule has 0 unspecified atom stereocenters. The van der Waals surface area contributed by atoms with Gasteiger partial charge in [0.1, 0.15) is 0 Å². The Bertz CT molecular complexity index is 105. The van der Waals surface area contributed by atoms with E-state index in [9.17, 15) is 0 Å². The van der Waals surface area contributed by atoms with Gasteiger partial charge in [-0.15, -0.1) is 6.42 Å². The molecule has 0 saturated carbocycles. The number of hydrogen-bond donors (Lipinski definition) is 0. The number of hydrogen-bond acceptors (Lipinski definition) is 0. The summed E-state index contributed by atoms with van der Waals surface area (Å²) in [5.41, 5.74) is 1.27. The molecule has 0 aromatic rings. The summed E-state index contributed by atoms with van der Waals surface area (Å²) in [6.07, 6.45) is 8.33. The second-order valence-corrected chi connectivity index (χ2v) is 1.47. The summed E-state index contributed by atoms with van der Waals surface area (Å²) in [7, 11) is 0. The van der Waals surface area contributed by atoms with Gasteiger partial charge in [-0.25, -0.2) is 11.6 Å². The van der Waals surface area contributed by atoms with Crippen LogP contribution < -0.4 is 0 Å². The third kappa shape index (κ3) is 2.23. The van der Waals surface area contributed by atoms with Crippen LogP contribution in [-0.2, 0) is 26.2 Å². The molecule has 0 radical (unpaired) electrons. The van der Waals surface area contributed by atoms with Crippen LogP contribution in [0, 0.1) is 6.08 Å². The average Bonchev–Trinajstić information content (AvgIpc) is 1.86. The van der Waals surface area contributed by atoms with Gasteiger partial charge in [0, 0.05) is 26.2 Å². The predicted octanol–water partition coefficient (Wildman–Crippen LogP) is 1.92. The van der Waals surface area contributed by atoms with Gasteiger partial charge in [-0.1, -0.05) is 6.92 Å². The van der Waals surface area contributed by atoms with Gasteiger partial charge in [0.05, 0.1) is 0 Å². The van der Waals surface area contributed by atoms with Crippen molar-refractivity contribution in [3.63, 3.8) is 0 Å². The Morgan fingerprint density at radius 2 is 2.57 bits per heavy atom. The van der Waals surface area contributed by atoms with Gasteiger partial charge in [-0.3, -0.25) is 6.08 Å². The Hall–Kier alpha value is 0.363. The van der Waals surface area contributed by atoms with Gasteiger partial charge >= 0.3 is 0 Å². The molecule has 7 heavy (non-hydrogen) atoms. The molecule has 0 saturated heterocycles. The molecule has 0 heterocycles. The first-order valence-electron chi connectivity index (χ1n) is 2.13. The molecule has 0 atom stereocenters. The van der Waals surface area contributed by atoms with Crippen molar-refractivity contribution in [3.8, 4) is 0 Å². The maximum atomic E-state index is 3.12. The number of rotatable bonds is 0. The van der Waals surface area contributed by atoms with Gasteiger partial charge in [-0.05, 0) is 0 Å². The van der Waals surface area contributed by atoms with Crippen LogP contribution in [0.4, 0.5) is 0 Å². The zero-order chi connectivity index (χ0) is 4.41. The fourth-order valence-corrected chi connectivity index (χ4v) is 0.515. The monoisotopic (exact) mass is 171 g/mol. The molecule has 0 aromatic carbocycles. The van der Waals surface area contributed by atoms with Crippen molar-refractivity contribution in [2.24, 2.45) is 0 Å². The Kier molecular flexibility index (Phi) is 3.55. The molecule has 0 N–H and O–H groups in total. The molecule has 0 aromatic heterocycles. The third-order valence-corrected chi connectivity index (χ3v) is 0.867. The zero-order valence-electron chi connectivity index (χ0n) is 6.36. The van der Waals surface area contributed by atoms with Crippen molar-refractivity contribution in [3.05, 3.63) is 23.8 Å². The smallest absolute Gasteiger partial charge is 0 e.